The predicted molar refractivity (Wildman–Crippen MR) is 89.6 cm³/mol. The van der Waals surface area contributed by atoms with Crippen LogP contribution in [-0.2, 0) is 12.8 Å². The third-order valence-corrected chi connectivity index (χ3v) is 5.34. The molecule has 0 heterocycles. The molecule has 1 atom stereocenters. The lowest BCUT2D eigenvalue weighted by Gasteiger charge is -2.23. The van der Waals surface area contributed by atoms with Crippen molar-refractivity contribution >= 4 is 11.6 Å². The number of alkyl halides is 1. The third-order valence-electron chi connectivity index (χ3n) is 4.89. The Kier molecular flexibility index (Phi) is 6.42. The number of aryl methyl sites for hydroxylation is 2. The lowest BCUT2D eigenvalue weighted by atomic mass is 9.85. The van der Waals surface area contributed by atoms with E-state index >= 15 is 0 Å². The van der Waals surface area contributed by atoms with Gasteiger partial charge in [0.2, 0.25) is 0 Å². The van der Waals surface area contributed by atoms with E-state index in [4.69, 9.17) is 11.6 Å². The number of rotatable bonds is 6. The van der Waals surface area contributed by atoms with Crippen LogP contribution in [0.1, 0.15) is 80.9 Å². The SMILES string of the molecule is CCc1ccc(CC)c(C(Cl)CCC2CCCCC2)c1. The molecular formula is C19H29Cl. The van der Waals surface area contributed by atoms with E-state index < -0.39 is 0 Å². The van der Waals surface area contributed by atoms with Crippen molar-refractivity contribution in [3.05, 3.63) is 34.9 Å². The third kappa shape index (κ3) is 4.25. The van der Waals surface area contributed by atoms with Crippen molar-refractivity contribution in [2.45, 2.75) is 77.0 Å². The van der Waals surface area contributed by atoms with Gasteiger partial charge in [0.25, 0.3) is 0 Å². The standard InChI is InChI=1S/C19H29Cl/c1-3-15-10-12-17(4-2)18(14-15)19(20)13-11-16-8-6-5-7-9-16/h10,12,14,16,19H,3-9,11,13H2,1-2H3. The van der Waals surface area contributed by atoms with E-state index in [1.54, 1.807) is 0 Å². The van der Waals surface area contributed by atoms with Gasteiger partial charge in [-0.05, 0) is 48.3 Å². The molecule has 0 spiro atoms. The summed E-state index contributed by atoms with van der Waals surface area (Å²) in [6, 6.07) is 6.88. The van der Waals surface area contributed by atoms with Gasteiger partial charge in [-0.1, -0.05) is 64.2 Å². The fraction of sp³-hybridized carbons (Fsp3) is 0.684. The van der Waals surface area contributed by atoms with Gasteiger partial charge in [-0.25, -0.2) is 0 Å². The highest BCUT2D eigenvalue weighted by atomic mass is 35.5. The Morgan fingerprint density at radius 1 is 1.10 bits per heavy atom. The maximum atomic E-state index is 6.74. The minimum absolute atomic E-state index is 0.207. The lowest BCUT2D eigenvalue weighted by molar-refractivity contribution is 0.331. The number of hydrogen-bond donors (Lipinski definition) is 0. The summed E-state index contributed by atoms with van der Waals surface area (Å²) in [4.78, 5) is 0. The summed E-state index contributed by atoms with van der Waals surface area (Å²) < 4.78 is 0. The van der Waals surface area contributed by atoms with Crippen LogP contribution in [-0.4, -0.2) is 0 Å². The van der Waals surface area contributed by atoms with Crippen molar-refractivity contribution in [3.63, 3.8) is 0 Å². The summed E-state index contributed by atoms with van der Waals surface area (Å²) in [5.74, 6) is 0.935. The molecule has 1 saturated carbocycles. The van der Waals surface area contributed by atoms with Crippen molar-refractivity contribution in [1.29, 1.82) is 0 Å². The van der Waals surface area contributed by atoms with E-state index in [1.165, 1.54) is 55.2 Å². The molecule has 1 aromatic carbocycles. The summed E-state index contributed by atoms with van der Waals surface area (Å²) >= 11 is 6.74. The van der Waals surface area contributed by atoms with Crippen LogP contribution in [0.3, 0.4) is 0 Å². The molecule has 1 unspecified atom stereocenters. The first-order chi connectivity index (χ1) is 9.74. The minimum Gasteiger partial charge on any atom is -0.118 e. The number of halogens is 1. The zero-order chi connectivity index (χ0) is 14.4. The van der Waals surface area contributed by atoms with Gasteiger partial charge in [0.15, 0.2) is 0 Å². The molecule has 1 aliphatic rings. The fourth-order valence-electron chi connectivity index (χ4n) is 3.49. The second kappa shape index (κ2) is 8.08. The lowest BCUT2D eigenvalue weighted by Crippen LogP contribution is -2.08. The molecule has 0 aromatic heterocycles. The normalized spacial score (nSPS) is 18.1. The Morgan fingerprint density at radius 2 is 1.85 bits per heavy atom. The second-order valence-corrected chi connectivity index (χ2v) is 6.82. The van der Waals surface area contributed by atoms with Gasteiger partial charge < -0.3 is 0 Å². The van der Waals surface area contributed by atoms with Crippen LogP contribution in [0.5, 0.6) is 0 Å². The Labute approximate surface area is 129 Å². The van der Waals surface area contributed by atoms with E-state index in [9.17, 15) is 0 Å². The summed E-state index contributed by atoms with van der Waals surface area (Å²) in [5, 5.41) is 0.207. The Morgan fingerprint density at radius 3 is 2.50 bits per heavy atom. The average Bonchev–Trinajstić information content (AvgIpc) is 2.52. The van der Waals surface area contributed by atoms with Gasteiger partial charge >= 0.3 is 0 Å². The highest BCUT2D eigenvalue weighted by Crippen LogP contribution is 2.34. The van der Waals surface area contributed by atoms with Crippen LogP contribution in [0.15, 0.2) is 18.2 Å². The van der Waals surface area contributed by atoms with Gasteiger partial charge in [-0.15, -0.1) is 11.6 Å². The molecule has 0 radical (unpaired) electrons. The van der Waals surface area contributed by atoms with Crippen molar-refractivity contribution in [2.24, 2.45) is 5.92 Å². The second-order valence-electron chi connectivity index (χ2n) is 6.29. The van der Waals surface area contributed by atoms with Gasteiger partial charge in [-0.2, -0.15) is 0 Å². The monoisotopic (exact) mass is 292 g/mol. The molecule has 20 heavy (non-hydrogen) atoms. The largest absolute Gasteiger partial charge is 0.118 e. The Hall–Kier alpha value is -0.490. The van der Waals surface area contributed by atoms with Crippen LogP contribution in [0.25, 0.3) is 0 Å². The maximum absolute atomic E-state index is 6.74. The molecule has 0 bridgehead atoms. The van der Waals surface area contributed by atoms with Crippen molar-refractivity contribution in [1.82, 2.24) is 0 Å². The average molecular weight is 293 g/mol. The van der Waals surface area contributed by atoms with Crippen LogP contribution in [0, 0.1) is 5.92 Å². The van der Waals surface area contributed by atoms with E-state index in [0.29, 0.717) is 0 Å². The maximum Gasteiger partial charge on any atom is 0.0588 e. The Balaban J connectivity index is 1.98. The molecule has 112 valence electrons. The van der Waals surface area contributed by atoms with Gasteiger partial charge in [0.05, 0.1) is 5.38 Å². The molecule has 2 rings (SSSR count). The first kappa shape index (κ1) is 15.9. The fourth-order valence-corrected chi connectivity index (χ4v) is 3.82. The molecule has 1 fully saturated rings. The van der Waals surface area contributed by atoms with E-state index in [2.05, 4.69) is 32.0 Å². The van der Waals surface area contributed by atoms with Gasteiger partial charge in [0.1, 0.15) is 0 Å². The van der Waals surface area contributed by atoms with Crippen LogP contribution >= 0.6 is 11.6 Å². The van der Waals surface area contributed by atoms with Gasteiger partial charge in [-0.3, -0.25) is 0 Å². The summed E-state index contributed by atoms with van der Waals surface area (Å²) in [6.07, 6.45) is 11.8. The van der Waals surface area contributed by atoms with E-state index in [1.807, 2.05) is 0 Å². The molecule has 0 nitrogen and oxygen atoms in total. The first-order valence-electron chi connectivity index (χ1n) is 8.50. The van der Waals surface area contributed by atoms with E-state index in [0.717, 1.165) is 25.2 Å². The molecule has 1 heteroatoms. The van der Waals surface area contributed by atoms with Gasteiger partial charge in [0, 0.05) is 0 Å². The van der Waals surface area contributed by atoms with Crippen LogP contribution in [0.2, 0.25) is 0 Å². The van der Waals surface area contributed by atoms with Crippen molar-refractivity contribution < 1.29 is 0 Å². The topological polar surface area (TPSA) is 0 Å². The quantitative estimate of drug-likeness (QED) is 0.528. The highest BCUT2D eigenvalue weighted by Gasteiger charge is 2.17. The molecule has 1 aliphatic carbocycles. The van der Waals surface area contributed by atoms with Crippen molar-refractivity contribution in [3.8, 4) is 0 Å². The zero-order valence-electron chi connectivity index (χ0n) is 13.1. The smallest absolute Gasteiger partial charge is 0.0588 e. The highest BCUT2D eigenvalue weighted by molar-refractivity contribution is 6.20. The number of hydrogen-bond acceptors (Lipinski definition) is 0. The summed E-state index contributed by atoms with van der Waals surface area (Å²) in [5.41, 5.74) is 4.25. The zero-order valence-corrected chi connectivity index (χ0v) is 13.9. The Bertz CT molecular complexity index is 404. The number of benzene rings is 1. The van der Waals surface area contributed by atoms with Crippen LogP contribution < -0.4 is 0 Å². The molecule has 0 saturated heterocycles. The van der Waals surface area contributed by atoms with Crippen molar-refractivity contribution in [2.75, 3.05) is 0 Å². The first-order valence-corrected chi connectivity index (χ1v) is 8.94. The minimum atomic E-state index is 0.207. The molecule has 1 aromatic rings. The molecule has 0 N–H and O–H groups in total. The van der Waals surface area contributed by atoms with Crippen LogP contribution in [0.4, 0.5) is 0 Å². The molecular weight excluding hydrogens is 264 g/mol. The molecule has 0 aliphatic heterocycles. The molecule has 0 amide bonds. The van der Waals surface area contributed by atoms with E-state index in [-0.39, 0.29) is 5.38 Å². The summed E-state index contributed by atoms with van der Waals surface area (Å²) in [6.45, 7) is 4.45. The predicted octanol–water partition coefficient (Wildman–Crippen LogP) is 6.45. The summed E-state index contributed by atoms with van der Waals surface area (Å²) in [7, 11) is 0.